The number of H-pyrrole nitrogens is 1. The third kappa shape index (κ3) is 2.08. The average molecular weight is 181 g/mol. The highest BCUT2D eigenvalue weighted by atomic mass is 16.3. The van der Waals surface area contributed by atoms with Gasteiger partial charge in [0.15, 0.2) is 0 Å². The maximum Gasteiger partial charge on any atom is 0.0713 e. The molecule has 4 heteroatoms. The molecule has 1 aromatic rings. The van der Waals surface area contributed by atoms with Crippen LogP contribution in [0.25, 0.3) is 0 Å². The summed E-state index contributed by atoms with van der Waals surface area (Å²) in [6.45, 7) is 1.82. The molecule has 0 aromatic carbocycles. The summed E-state index contributed by atoms with van der Waals surface area (Å²) in [5.74, 6) is 0. The van der Waals surface area contributed by atoms with Crippen molar-refractivity contribution in [1.82, 2.24) is 15.5 Å². The molecule has 72 valence electrons. The maximum atomic E-state index is 10.2. The molecule has 13 heavy (non-hydrogen) atoms. The van der Waals surface area contributed by atoms with Gasteiger partial charge < -0.3 is 10.4 Å². The first-order chi connectivity index (χ1) is 6.29. The molecule has 2 heterocycles. The van der Waals surface area contributed by atoms with Crippen LogP contribution in [0, 0.1) is 0 Å². The average Bonchev–Trinajstić information content (AvgIpc) is 2.57. The Hall–Kier alpha value is -0.870. The lowest BCUT2D eigenvalue weighted by atomic mass is 9.87. The molecule has 0 unspecified atom stereocenters. The zero-order valence-electron chi connectivity index (χ0n) is 7.58. The first-order valence-corrected chi connectivity index (χ1v) is 4.69. The second-order valence-electron chi connectivity index (χ2n) is 3.76. The van der Waals surface area contributed by atoms with Crippen LogP contribution in [0.15, 0.2) is 12.4 Å². The van der Waals surface area contributed by atoms with E-state index in [0.29, 0.717) is 6.42 Å². The molecule has 0 radical (unpaired) electrons. The summed E-state index contributed by atoms with van der Waals surface area (Å²) in [5.41, 5.74) is 0.569. The van der Waals surface area contributed by atoms with Crippen molar-refractivity contribution in [3.05, 3.63) is 18.0 Å². The van der Waals surface area contributed by atoms with Crippen LogP contribution in [-0.4, -0.2) is 34.0 Å². The van der Waals surface area contributed by atoms with Crippen LogP contribution in [0.3, 0.4) is 0 Å². The van der Waals surface area contributed by atoms with Crippen molar-refractivity contribution in [1.29, 1.82) is 0 Å². The molecule has 4 nitrogen and oxygen atoms in total. The van der Waals surface area contributed by atoms with Crippen molar-refractivity contribution in [2.75, 3.05) is 13.1 Å². The summed E-state index contributed by atoms with van der Waals surface area (Å²) < 4.78 is 0. The van der Waals surface area contributed by atoms with E-state index in [1.165, 1.54) is 0 Å². The number of piperidine rings is 1. The standard InChI is InChI=1S/C9H15N3O/c13-9(1-3-10-4-2-9)5-8-6-11-12-7-8/h6-7,10,13H,1-5H2,(H,11,12). The van der Waals surface area contributed by atoms with Crippen LogP contribution in [-0.2, 0) is 6.42 Å². The fraction of sp³-hybridized carbons (Fsp3) is 0.667. The largest absolute Gasteiger partial charge is 0.389 e. The van der Waals surface area contributed by atoms with Crippen LogP contribution < -0.4 is 5.32 Å². The number of aromatic amines is 1. The smallest absolute Gasteiger partial charge is 0.0713 e. The van der Waals surface area contributed by atoms with Crippen molar-refractivity contribution in [2.45, 2.75) is 24.9 Å². The van der Waals surface area contributed by atoms with Gasteiger partial charge in [0.2, 0.25) is 0 Å². The number of nitrogens with zero attached hydrogens (tertiary/aromatic N) is 1. The minimum absolute atomic E-state index is 0.519. The molecule has 1 aliphatic heterocycles. The van der Waals surface area contributed by atoms with Crippen molar-refractivity contribution < 1.29 is 5.11 Å². The van der Waals surface area contributed by atoms with Gasteiger partial charge in [-0.25, -0.2) is 0 Å². The Morgan fingerprint density at radius 1 is 1.46 bits per heavy atom. The van der Waals surface area contributed by atoms with E-state index >= 15 is 0 Å². The van der Waals surface area contributed by atoms with Gasteiger partial charge in [0.25, 0.3) is 0 Å². The zero-order chi connectivity index (χ0) is 9.15. The Balaban J connectivity index is 1.99. The predicted octanol–water partition coefficient (Wildman–Crippen LogP) is 0.0667. The third-order valence-corrected chi connectivity index (χ3v) is 2.62. The van der Waals surface area contributed by atoms with Gasteiger partial charge in [0.05, 0.1) is 11.8 Å². The number of aliphatic hydroxyl groups is 1. The molecule has 1 aromatic heterocycles. The molecule has 1 fully saturated rings. The highest BCUT2D eigenvalue weighted by molar-refractivity contribution is 5.08. The first-order valence-electron chi connectivity index (χ1n) is 4.69. The fourth-order valence-corrected chi connectivity index (χ4v) is 1.82. The van der Waals surface area contributed by atoms with E-state index in [9.17, 15) is 5.11 Å². The Morgan fingerprint density at radius 2 is 2.23 bits per heavy atom. The molecule has 1 aliphatic rings. The topological polar surface area (TPSA) is 60.9 Å². The molecule has 0 atom stereocenters. The molecule has 2 rings (SSSR count). The summed E-state index contributed by atoms with van der Waals surface area (Å²) in [7, 11) is 0. The van der Waals surface area contributed by atoms with Gasteiger partial charge in [-0.1, -0.05) is 0 Å². The summed E-state index contributed by atoms with van der Waals surface area (Å²) in [5, 5.41) is 20.0. The molecule has 0 amide bonds. The van der Waals surface area contributed by atoms with E-state index in [-0.39, 0.29) is 0 Å². The third-order valence-electron chi connectivity index (χ3n) is 2.62. The molecular formula is C9H15N3O. The highest BCUT2D eigenvalue weighted by Gasteiger charge is 2.29. The highest BCUT2D eigenvalue weighted by Crippen LogP contribution is 2.22. The fourth-order valence-electron chi connectivity index (χ4n) is 1.82. The Morgan fingerprint density at radius 3 is 2.85 bits per heavy atom. The number of nitrogens with one attached hydrogen (secondary N) is 2. The summed E-state index contributed by atoms with van der Waals surface area (Å²) in [6, 6.07) is 0. The van der Waals surface area contributed by atoms with Gasteiger partial charge in [0, 0.05) is 12.6 Å². The minimum Gasteiger partial charge on any atom is -0.389 e. The van der Waals surface area contributed by atoms with Crippen LogP contribution >= 0.6 is 0 Å². The second kappa shape index (κ2) is 3.47. The lowest BCUT2D eigenvalue weighted by molar-refractivity contribution is 0.0109. The van der Waals surface area contributed by atoms with Gasteiger partial charge in [-0.05, 0) is 31.5 Å². The Bertz CT molecular complexity index is 252. The van der Waals surface area contributed by atoms with Crippen molar-refractivity contribution in [3.63, 3.8) is 0 Å². The van der Waals surface area contributed by atoms with E-state index in [4.69, 9.17) is 0 Å². The van der Waals surface area contributed by atoms with E-state index in [0.717, 1.165) is 31.5 Å². The lowest BCUT2D eigenvalue weighted by Gasteiger charge is -2.32. The van der Waals surface area contributed by atoms with E-state index < -0.39 is 5.60 Å². The number of hydrogen-bond acceptors (Lipinski definition) is 3. The lowest BCUT2D eigenvalue weighted by Crippen LogP contribution is -2.43. The molecular weight excluding hydrogens is 166 g/mol. The molecule has 0 aliphatic carbocycles. The van der Waals surface area contributed by atoms with Crippen LogP contribution in [0.2, 0.25) is 0 Å². The minimum atomic E-state index is -0.519. The number of hydrogen-bond donors (Lipinski definition) is 3. The van der Waals surface area contributed by atoms with Gasteiger partial charge in [-0.3, -0.25) is 5.10 Å². The van der Waals surface area contributed by atoms with E-state index in [1.54, 1.807) is 6.20 Å². The molecule has 3 N–H and O–H groups in total. The normalized spacial score (nSPS) is 21.6. The predicted molar refractivity (Wildman–Crippen MR) is 49.3 cm³/mol. The summed E-state index contributed by atoms with van der Waals surface area (Å²) >= 11 is 0. The summed E-state index contributed by atoms with van der Waals surface area (Å²) in [4.78, 5) is 0. The van der Waals surface area contributed by atoms with Crippen molar-refractivity contribution >= 4 is 0 Å². The van der Waals surface area contributed by atoms with Crippen LogP contribution in [0.5, 0.6) is 0 Å². The quantitative estimate of drug-likeness (QED) is 0.605. The van der Waals surface area contributed by atoms with Crippen molar-refractivity contribution in [2.24, 2.45) is 0 Å². The number of rotatable bonds is 2. The van der Waals surface area contributed by atoms with Gasteiger partial charge in [-0.2, -0.15) is 5.10 Å². The molecule has 0 spiro atoms. The Kier molecular flexibility index (Phi) is 2.33. The Labute approximate surface area is 77.4 Å². The van der Waals surface area contributed by atoms with E-state index in [2.05, 4.69) is 15.5 Å². The van der Waals surface area contributed by atoms with Gasteiger partial charge in [0.1, 0.15) is 0 Å². The van der Waals surface area contributed by atoms with Crippen molar-refractivity contribution in [3.8, 4) is 0 Å². The molecule has 1 saturated heterocycles. The molecule has 0 bridgehead atoms. The van der Waals surface area contributed by atoms with E-state index in [1.807, 2.05) is 6.20 Å². The first kappa shape index (κ1) is 8.72. The molecule has 0 saturated carbocycles. The van der Waals surface area contributed by atoms with Gasteiger partial charge >= 0.3 is 0 Å². The van der Waals surface area contributed by atoms with Crippen LogP contribution in [0.4, 0.5) is 0 Å². The zero-order valence-corrected chi connectivity index (χ0v) is 7.58. The second-order valence-corrected chi connectivity index (χ2v) is 3.76. The van der Waals surface area contributed by atoms with Gasteiger partial charge in [-0.15, -0.1) is 0 Å². The monoisotopic (exact) mass is 181 g/mol. The summed E-state index contributed by atoms with van der Waals surface area (Å²) in [6.07, 6.45) is 6.00. The number of aromatic nitrogens is 2. The maximum absolute atomic E-state index is 10.2. The van der Waals surface area contributed by atoms with Crippen LogP contribution in [0.1, 0.15) is 18.4 Å². The SMILES string of the molecule is OC1(Cc2cn[nH]c2)CCNCC1.